The summed E-state index contributed by atoms with van der Waals surface area (Å²) < 4.78 is 11.8. The summed E-state index contributed by atoms with van der Waals surface area (Å²) in [6, 6.07) is 0. The van der Waals surface area contributed by atoms with Crippen molar-refractivity contribution in [1.29, 1.82) is 0 Å². The molecule has 0 saturated carbocycles. The molecule has 3 unspecified atom stereocenters. The van der Waals surface area contributed by atoms with Gasteiger partial charge in [0, 0.05) is 0 Å². The fraction of sp³-hybridized carbons (Fsp3) is 1.00. The molecule has 1 rings (SSSR count). The second-order valence-electron chi connectivity index (χ2n) is 5.76. The average Bonchev–Trinajstić information content (AvgIpc) is 2.17. The van der Waals surface area contributed by atoms with E-state index in [1.54, 1.807) is 0 Å². The largest absolute Gasteiger partial charge is 0.373 e. The lowest BCUT2D eigenvalue weighted by atomic mass is 9.80. The van der Waals surface area contributed by atoms with Crippen LogP contribution in [-0.4, -0.2) is 25.4 Å². The van der Waals surface area contributed by atoms with E-state index in [-0.39, 0.29) is 17.6 Å². The maximum atomic E-state index is 5.91. The molecule has 2 nitrogen and oxygen atoms in total. The van der Waals surface area contributed by atoms with Crippen molar-refractivity contribution in [3.63, 3.8) is 0 Å². The minimum atomic E-state index is 0.174. The van der Waals surface area contributed by atoms with Gasteiger partial charge < -0.3 is 9.47 Å². The summed E-state index contributed by atoms with van der Waals surface area (Å²) in [7, 11) is 0. The lowest BCUT2D eigenvalue weighted by Gasteiger charge is -2.42. The van der Waals surface area contributed by atoms with Crippen LogP contribution in [-0.2, 0) is 9.47 Å². The average molecular weight is 214 g/mol. The lowest BCUT2D eigenvalue weighted by molar-refractivity contribution is -0.190. The first-order valence-electron chi connectivity index (χ1n) is 6.20. The topological polar surface area (TPSA) is 18.5 Å². The fourth-order valence-electron chi connectivity index (χ4n) is 2.37. The molecule has 0 bridgehead atoms. The molecule has 0 radical (unpaired) electrons. The molecule has 2 heteroatoms. The van der Waals surface area contributed by atoms with Crippen LogP contribution in [0.2, 0.25) is 0 Å². The van der Waals surface area contributed by atoms with Gasteiger partial charge in [0.15, 0.2) is 0 Å². The zero-order valence-electron chi connectivity index (χ0n) is 10.9. The van der Waals surface area contributed by atoms with E-state index in [0.29, 0.717) is 5.92 Å². The van der Waals surface area contributed by atoms with Gasteiger partial charge in [-0.15, -0.1) is 0 Å². The summed E-state index contributed by atoms with van der Waals surface area (Å²) in [4.78, 5) is 0. The Kier molecular flexibility index (Phi) is 4.60. The molecule has 0 spiro atoms. The van der Waals surface area contributed by atoms with Crippen molar-refractivity contribution in [1.82, 2.24) is 0 Å². The van der Waals surface area contributed by atoms with Crippen LogP contribution in [0.25, 0.3) is 0 Å². The van der Waals surface area contributed by atoms with Gasteiger partial charge in [-0.1, -0.05) is 41.0 Å². The number of rotatable bonds is 3. The molecular formula is C13H26O2. The summed E-state index contributed by atoms with van der Waals surface area (Å²) in [6.07, 6.45) is 2.96. The molecular weight excluding hydrogens is 188 g/mol. The van der Waals surface area contributed by atoms with E-state index in [1.807, 2.05) is 0 Å². The van der Waals surface area contributed by atoms with Crippen LogP contribution in [0.3, 0.4) is 0 Å². The Morgan fingerprint density at radius 2 is 1.80 bits per heavy atom. The molecule has 1 saturated heterocycles. The van der Waals surface area contributed by atoms with Gasteiger partial charge in [-0.25, -0.2) is 0 Å². The van der Waals surface area contributed by atoms with E-state index in [2.05, 4.69) is 34.6 Å². The summed E-state index contributed by atoms with van der Waals surface area (Å²) in [5.41, 5.74) is 0.174. The first-order valence-corrected chi connectivity index (χ1v) is 6.20. The van der Waals surface area contributed by atoms with E-state index < -0.39 is 0 Å². The van der Waals surface area contributed by atoms with Crippen LogP contribution in [0, 0.1) is 11.3 Å². The smallest absolute Gasteiger partial charge is 0.0888 e. The highest BCUT2D eigenvalue weighted by atomic mass is 16.6. The molecule has 1 aliphatic heterocycles. The summed E-state index contributed by atoms with van der Waals surface area (Å²) in [5.74, 6) is 0.597. The predicted molar refractivity (Wildman–Crippen MR) is 63.0 cm³/mol. The first kappa shape index (κ1) is 13.0. The van der Waals surface area contributed by atoms with Crippen molar-refractivity contribution >= 4 is 0 Å². The molecule has 1 fully saturated rings. The monoisotopic (exact) mass is 214 g/mol. The lowest BCUT2D eigenvalue weighted by Crippen LogP contribution is -2.49. The normalized spacial score (nSPS) is 30.2. The Bertz CT molecular complexity index is 183. The molecule has 0 aromatic rings. The molecule has 90 valence electrons. The predicted octanol–water partition coefficient (Wildman–Crippen LogP) is 3.25. The Labute approximate surface area is 94.3 Å². The number of hydrogen-bond donors (Lipinski definition) is 0. The second-order valence-corrected chi connectivity index (χ2v) is 5.76. The number of hydrogen-bond acceptors (Lipinski definition) is 2. The van der Waals surface area contributed by atoms with Gasteiger partial charge in [-0.2, -0.15) is 0 Å². The summed E-state index contributed by atoms with van der Waals surface area (Å²) >= 11 is 0. The fourth-order valence-corrected chi connectivity index (χ4v) is 2.37. The van der Waals surface area contributed by atoms with E-state index in [0.717, 1.165) is 13.2 Å². The molecule has 0 aliphatic carbocycles. The van der Waals surface area contributed by atoms with Crippen LogP contribution in [0.4, 0.5) is 0 Å². The van der Waals surface area contributed by atoms with Crippen LogP contribution in [0.5, 0.6) is 0 Å². The molecule has 1 heterocycles. The molecule has 0 N–H and O–H groups in total. The minimum absolute atomic E-state index is 0.174. The van der Waals surface area contributed by atoms with E-state index in [4.69, 9.17) is 9.47 Å². The Hall–Kier alpha value is -0.0800. The molecule has 3 atom stereocenters. The highest BCUT2D eigenvalue weighted by Gasteiger charge is 2.38. The Balaban J connectivity index is 2.65. The highest BCUT2D eigenvalue weighted by Crippen LogP contribution is 2.33. The van der Waals surface area contributed by atoms with Gasteiger partial charge in [-0.05, 0) is 17.8 Å². The van der Waals surface area contributed by atoms with Crippen LogP contribution < -0.4 is 0 Å². The van der Waals surface area contributed by atoms with Gasteiger partial charge in [0.2, 0.25) is 0 Å². The molecule has 1 aliphatic rings. The van der Waals surface area contributed by atoms with Gasteiger partial charge in [0.25, 0.3) is 0 Å². The van der Waals surface area contributed by atoms with Gasteiger partial charge in [0.05, 0.1) is 25.4 Å². The SMILES string of the molecule is CCCC(C)C1OCCOC1C(C)(C)C. The highest BCUT2D eigenvalue weighted by molar-refractivity contribution is 4.87. The molecule has 0 aromatic carbocycles. The number of ether oxygens (including phenoxy) is 2. The third-order valence-corrected chi connectivity index (χ3v) is 3.15. The quantitative estimate of drug-likeness (QED) is 0.718. The standard InChI is InChI=1S/C13H26O2/c1-6-7-10(2)11-12(13(3,4)5)15-9-8-14-11/h10-12H,6-9H2,1-5H3. The van der Waals surface area contributed by atoms with Gasteiger partial charge >= 0.3 is 0 Å². The van der Waals surface area contributed by atoms with Crippen molar-refractivity contribution in [2.45, 2.75) is 59.7 Å². The first-order chi connectivity index (χ1) is 6.96. The third kappa shape index (κ3) is 3.46. The van der Waals surface area contributed by atoms with E-state index in [1.165, 1.54) is 12.8 Å². The molecule has 0 amide bonds. The summed E-state index contributed by atoms with van der Waals surface area (Å²) in [6.45, 7) is 12.7. The molecule has 15 heavy (non-hydrogen) atoms. The van der Waals surface area contributed by atoms with Crippen molar-refractivity contribution in [3.05, 3.63) is 0 Å². The van der Waals surface area contributed by atoms with E-state index in [9.17, 15) is 0 Å². The zero-order valence-corrected chi connectivity index (χ0v) is 10.9. The van der Waals surface area contributed by atoms with Gasteiger partial charge in [-0.3, -0.25) is 0 Å². The third-order valence-electron chi connectivity index (χ3n) is 3.15. The van der Waals surface area contributed by atoms with E-state index >= 15 is 0 Å². The summed E-state index contributed by atoms with van der Waals surface area (Å²) in [5, 5.41) is 0. The zero-order chi connectivity index (χ0) is 11.5. The second kappa shape index (κ2) is 5.31. The van der Waals surface area contributed by atoms with Crippen molar-refractivity contribution in [3.8, 4) is 0 Å². The molecule has 0 aromatic heterocycles. The maximum Gasteiger partial charge on any atom is 0.0888 e. The van der Waals surface area contributed by atoms with Crippen LogP contribution in [0.15, 0.2) is 0 Å². The Morgan fingerprint density at radius 3 is 2.33 bits per heavy atom. The van der Waals surface area contributed by atoms with Crippen molar-refractivity contribution < 1.29 is 9.47 Å². The van der Waals surface area contributed by atoms with Gasteiger partial charge in [0.1, 0.15) is 0 Å². The minimum Gasteiger partial charge on any atom is -0.373 e. The van der Waals surface area contributed by atoms with Crippen LogP contribution >= 0.6 is 0 Å². The van der Waals surface area contributed by atoms with Crippen molar-refractivity contribution in [2.75, 3.05) is 13.2 Å². The Morgan fingerprint density at radius 1 is 1.20 bits per heavy atom. The van der Waals surface area contributed by atoms with Crippen LogP contribution in [0.1, 0.15) is 47.5 Å². The maximum absolute atomic E-state index is 5.91. The van der Waals surface area contributed by atoms with Crippen molar-refractivity contribution in [2.24, 2.45) is 11.3 Å².